The zero-order valence-corrected chi connectivity index (χ0v) is 11.7. The summed E-state index contributed by atoms with van der Waals surface area (Å²) in [6.07, 6.45) is 4.77. The number of hydrogen-bond acceptors (Lipinski definition) is 3. The van der Waals surface area contributed by atoms with E-state index < -0.39 is 0 Å². The van der Waals surface area contributed by atoms with Gasteiger partial charge in [0, 0.05) is 18.3 Å². The molecule has 0 spiro atoms. The molecular weight excluding hydrogens is 234 g/mol. The van der Waals surface area contributed by atoms with Crippen molar-refractivity contribution in [3.63, 3.8) is 0 Å². The summed E-state index contributed by atoms with van der Waals surface area (Å²) in [5, 5.41) is 3.44. The van der Waals surface area contributed by atoms with E-state index in [4.69, 9.17) is 11.6 Å². The molecule has 0 saturated heterocycles. The van der Waals surface area contributed by atoms with Crippen molar-refractivity contribution in [1.82, 2.24) is 9.97 Å². The number of nitrogens with one attached hydrogen (secondary N) is 1. The van der Waals surface area contributed by atoms with Crippen molar-refractivity contribution < 1.29 is 0 Å². The predicted octanol–water partition coefficient (Wildman–Crippen LogP) is 3.49. The van der Waals surface area contributed by atoms with Gasteiger partial charge in [-0.1, -0.05) is 33.6 Å². The summed E-state index contributed by atoms with van der Waals surface area (Å²) in [6, 6.07) is 1.98. The Morgan fingerprint density at radius 3 is 2.53 bits per heavy atom. The van der Waals surface area contributed by atoms with E-state index in [1.807, 2.05) is 6.07 Å². The van der Waals surface area contributed by atoms with E-state index in [1.165, 1.54) is 0 Å². The maximum atomic E-state index is 6.36. The fraction of sp³-hybridized carbons (Fsp3) is 0.692. The van der Waals surface area contributed by atoms with Crippen LogP contribution in [0, 0.1) is 5.92 Å². The minimum absolute atomic E-state index is 0.157. The van der Waals surface area contributed by atoms with Gasteiger partial charge in [-0.05, 0) is 12.3 Å². The maximum Gasteiger partial charge on any atom is 0.129 e. The number of rotatable bonds is 7. The molecule has 0 fully saturated rings. The Kier molecular flexibility index (Phi) is 6.27. The highest BCUT2D eigenvalue weighted by atomic mass is 35.5. The smallest absolute Gasteiger partial charge is 0.129 e. The fourth-order valence-corrected chi connectivity index (χ4v) is 2.29. The number of alkyl halides is 1. The number of aryl methyl sites for hydroxylation is 1. The van der Waals surface area contributed by atoms with E-state index in [2.05, 4.69) is 36.1 Å². The summed E-state index contributed by atoms with van der Waals surface area (Å²) in [5.41, 5.74) is 1.05. The van der Waals surface area contributed by atoms with Crippen LogP contribution in [-0.2, 0) is 6.42 Å². The number of aromatic nitrogens is 2. The molecule has 0 aromatic carbocycles. The van der Waals surface area contributed by atoms with Crippen molar-refractivity contribution in [2.24, 2.45) is 5.92 Å². The van der Waals surface area contributed by atoms with Gasteiger partial charge in [-0.3, -0.25) is 0 Å². The average molecular weight is 256 g/mol. The Morgan fingerprint density at radius 1 is 1.24 bits per heavy atom. The van der Waals surface area contributed by atoms with Crippen molar-refractivity contribution in [2.75, 3.05) is 11.9 Å². The van der Waals surface area contributed by atoms with Crippen LogP contribution >= 0.6 is 11.6 Å². The zero-order valence-electron chi connectivity index (χ0n) is 10.9. The Balaban J connectivity index is 2.49. The van der Waals surface area contributed by atoms with E-state index in [1.54, 1.807) is 6.33 Å². The van der Waals surface area contributed by atoms with Crippen molar-refractivity contribution in [2.45, 2.75) is 45.4 Å². The average Bonchev–Trinajstić information content (AvgIpc) is 2.38. The van der Waals surface area contributed by atoms with Crippen LogP contribution in [0.15, 0.2) is 12.4 Å². The quantitative estimate of drug-likeness (QED) is 0.758. The van der Waals surface area contributed by atoms with Gasteiger partial charge in [-0.25, -0.2) is 9.97 Å². The van der Waals surface area contributed by atoms with Crippen LogP contribution in [0.4, 0.5) is 5.82 Å². The summed E-state index contributed by atoms with van der Waals surface area (Å²) < 4.78 is 0. The Bertz CT molecular complexity index is 326. The minimum Gasteiger partial charge on any atom is -0.368 e. The lowest BCUT2D eigenvalue weighted by Crippen LogP contribution is -2.23. The van der Waals surface area contributed by atoms with Crippen molar-refractivity contribution in [3.05, 3.63) is 18.1 Å². The molecule has 4 heteroatoms. The molecule has 1 unspecified atom stereocenters. The lowest BCUT2D eigenvalue weighted by Gasteiger charge is -2.19. The predicted molar refractivity (Wildman–Crippen MR) is 73.6 cm³/mol. The van der Waals surface area contributed by atoms with Gasteiger partial charge in [-0.2, -0.15) is 0 Å². The molecule has 1 atom stereocenters. The van der Waals surface area contributed by atoms with E-state index >= 15 is 0 Å². The van der Waals surface area contributed by atoms with Gasteiger partial charge >= 0.3 is 0 Å². The van der Waals surface area contributed by atoms with E-state index in [-0.39, 0.29) is 5.38 Å². The number of hydrogen-bond donors (Lipinski definition) is 1. The Hall–Kier alpha value is -0.830. The van der Waals surface area contributed by atoms with Gasteiger partial charge < -0.3 is 5.32 Å². The Morgan fingerprint density at radius 2 is 1.94 bits per heavy atom. The normalized spacial score (nSPS) is 12.8. The Labute approximate surface area is 109 Å². The molecule has 0 bridgehead atoms. The second-order valence-electron chi connectivity index (χ2n) is 4.22. The summed E-state index contributed by atoms with van der Waals surface area (Å²) in [4.78, 5) is 8.36. The van der Waals surface area contributed by atoms with Gasteiger partial charge in [0.1, 0.15) is 12.1 Å². The molecule has 1 rings (SSSR count). The standard InChI is InChI=1S/C13H22ClN3/c1-4-10(5-2)12(14)8-15-13-7-11(6-3)16-9-17-13/h7,9-10,12H,4-6,8H2,1-3H3,(H,15,16,17). The molecular formula is C13H22ClN3. The largest absolute Gasteiger partial charge is 0.368 e. The number of nitrogens with zero attached hydrogens (tertiary/aromatic N) is 2. The van der Waals surface area contributed by atoms with Crippen molar-refractivity contribution >= 4 is 17.4 Å². The van der Waals surface area contributed by atoms with Crippen LogP contribution < -0.4 is 5.32 Å². The molecule has 0 radical (unpaired) electrons. The molecule has 0 saturated carbocycles. The third-order valence-electron chi connectivity index (χ3n) is 3.12. The van der Waals surface area contributed by atoms with Gasteiger partial charge in [0.2, 0.25) is 0 Å². The lowest BCUT2D eigenvalue weighted by atomic mass is 9.99. The molecule has 1 aromatic heterocycles. The highest BCUT2D eigenvalue weighted by Gasteiger charge is 2.15. The second kappa shape index (κ2) is 7.49. The molecule has 0 aliphatic carbocycles. The fourth-order valence-electron chi connectivity index (χ4n) is 1.86. The van der Waals surface area contributed by atoms with Crippen LogP contribution in [0.25, 0.3) is 0 Å². The topological polar surface area (TPSA) is 37.8 Å². The van der Waals surface area contributed by atoms with Crippen molar-refractivity contribution in [3.8, 4) is 0 Å². The molecule has 1 N–H and O–H groups in total. The monoisotopic (exact) mass is 255 g/mol. The summed E-state index contributed by atoms with van der Waals surface area (Å²) >= 11 is 6.36. The third-order valence-corrected chi connectivity index (χ3v) is 3.64. The van der Waals surface area contributed by atoms with Crippen molar-refractivity contribution in [1.29, 1.82) is 0 Å². The van der Waals surface area contributed by atoms with E-state index in [9.17, 15) is 0 Å². The first-order valence-corrected chi connectivity index (χ1v) is 6.83. The van der Waals surface area contributed by atoms with Crippen LogP contribution in [-0.4, -0.2) is 21.9 Å². The first-order valence-electron chi connectivity index (χ1n) is 6.40. The van der Waals surface area contributed by atoms with Gasteiger partial charge in [-0.15, -0.1) is 11.6 Å². The SMILES string of the molecule is CCc1cc(NCC(Cl)C(CC)CC)ncn1. The third kappa shape index (κ3) is 4.50. The molecule has 0 aliphatic rings. The molecule has 0 aliphatic heterocycles. The number of halogens is 1. The molecule has 96 valence electrons. The summed E-state index contributed by atoms with van der Waals surface area (Å²) in [7, 11) is 0. The molecule has 1 aromatic rings. The van der Waals surface area contributed by atoms with E-state index in [0.29, 0.717) is 5.92 Å². The number of anilines is 1. The van der Waals surface area contributed by atoms with Crippen LogP contribution in [0.1, 0.15) is 39.3 Å². The van der Waals surface area contributed by atoms with Crippen LogP contribution in [0.5, 0.6) is 0 Å². The molecule has 1 heterocycles. The van der Waals surface area contributed by atoms with E-state index in [0.717, 1.165) is 37.3 Å². The molecule has 3 nitrogen and oxygen atoms in total. The lowest BCUT2D eigenvalue weighted by molar-refractivity contribution is 0.475. The zero-order chi connectivity index (χ0) is 12.7. The first-order chi connectivity index (χ1) is 8.21. The van der Waals surface area contributed by atoms with Gasteiger partial charge in [0.05, 0.1) is 5.38 Å². The van der Waals surface area contributed by atoms with Gasteiger partial charge in [0.15, 0.2) is 0 Å². The molecule has 0 amide bonds. The first kappa shape index (κ1) is 14.2. The van der Waals surface area contributed by atoms with Gasteiger partial charge in [0.25, 0.3) is 0 Å². The van der Waals surface area contributed by atoms with Crippen LogP contribution in [0.3, 0.4) is 0 Å². The highest BCUT2D eigenvalue weighted by Crippen LogP contribution is 2.19. The summed E-state index contributed by atoms with van der Waals surface area (Å²) in [6.45, 7) is 7.21. The molecule has 17 heavy (non-hydrogen) atoms. The maximum absolute atomic E-state index is 6.36. The minimum atomic E-state index is 0.157. The second-order valence-corrected chi connectivity index (χ2v) is 4.78. The summed E-state index contributed by atoms with van der Waals surface area (Å²) in [5.74, 6) is 1.44. The van der Waals surface area contributed by atoms with Crippen LogP contribution in [0.2, 0.25) is 0 Å². The highest BCUT2D eigenvalue weighted by molar-refractivity contribution is 6.21.